The van der Waals surface area contributed by atoms with Crippen molar-refractivity contribution in [1.29, 1.82) is 0 Å². The number of anilines is 1. The largest absolute Gasteiger partial charge is 0.393 e. The lowest BCUT2D eigenvalue weighted by molar-refractivity contribution is -0.132. The highest BCUT2D eigenvalue weighted by atomic mass is 19.4. The zero-order valence-electron chi connectivity index (χ0n) is 15.4. The summed E-state index contributed by atoms with van der Waals surface area (Å²) in [5.41, 5.74) is 1.18. The SMILES string of the molecule is CC(C)CC(C)c1ccccc1NC(=O)/C(=C/N(C)C)CC(F)(F)F. The Morgan fingerprint density at radius 3 is 2.32 bits per heavy atom. The molecule has 0 bridgehead atoms. The van der Waals surface area contributed by atoms with E-state index in [2.05, 4.69) is 26.1 Å². The molecule has 0 heterocycles. The van der Waals surface area contributed by atoms with Crippen LogP contribution in [0, 0.1) is 5.92 Å². The third-order valence-electron chi connectivity index (χ3n) is 3.66. The maximum absolute atomic E-state index is 12.8. The van der Waals surface area contributed by atoms with Crippen molar-refractivity contribution in [3.8, 4) is 0 Å². The second kappa shape index (κ2) is 8.92. The topological polar surface area (TPSA) is 32.3 Å². The Morgan fingerprint density at radius 2 is 1.80 bits per heavy atom. The predicted octanol–water partition coefficient (Wildman–Crippen LogP) is 5.17. The van der Waals surface area contributed by atoms with Gasteiger partial charge in [-0.1, -0.05) is 39.0 Å². The van der Waals surface area contributed by atoms with Gasteiger partial charge in [0.25, 0.3) is 5.91 Å². The van der Waals surface area contributed by atoms with E-state index in [4.69, 9.17) is 0 Å². The summed E-state index contributed by atoms with van der Waals surface area (Å²) in [6.07, 6.45) is -3.57. The highest BCUT2D eigenvalue weighted by molar-refractivity contribution is 6.04. The normalized spacial score (nSPS) is 13.7. The van der Waals surface area contributed by atoms with E-state index in [1.807, 2.05) is 12.1 Å². The number of para-hydroxylation sites is 1. The molecule has 0 spiro atoms. The molecule has 0 fully saturated rings. The van der Waals surface area contributed by atoms with Gasteiger partial charge in [0.05, 0.1) is 6.42 Å². The smallest absolute Gasteiger partial charge is 0.383 e. The molecular formula is C19H27F3N2O. The van der Waals surface area contributed by atoms with Gasteiger partial charge in [-0.05, 0) is 29.9 Å². The molecule has 0 radical (unpaired) electrons. The van der Waals surface area contributed by atoms with Crippen molar-refractivity contribution in [2.45, 2.75) is 45.7 Å². The quantitative estimate of drug-likeness (QED) is 0.683. The van der Waals surface area contributed by atoms with Crippen LogP contribution in [0.25, 0.3) is 0 Å². The Kier molecular flexibility index (Phi) is 7.52. The number of carbonyl (C=O) groups excluding carboxylic acids is 1. The molecule has 1 atom stereocenters. The average molecular weight is 356 g/mol. The van der Waals surface area contributed by atoms with Gasteiger partial charge in [-0.2, -0.15) is 13.2 Å². The Bertz CT molecular complexity index is 607. The predicted molar refractivity (Wildman–Crippen MR) is 95.4 cm³/mol. The molecule has 140 valence electrons. The van der Waals surface area contributed by atoms with E-state index in [-0.39, 0.29) is 11.5 Å². The van der Waals surface area contributed by atoms with Crippen LogP contribution in [0.5, 0.6) is 0 Å². The third-order valence-corrected chi connectivity index (χ3v) is 3.66. The molecule has 1 unspecified atom stereocenters. The van der Waals surface area contributed by atoms with Crippen LogP contribution in [0.4, 0.5) is 18.9 Å². The minimum atomic E-state index is -4.44. The van der Waals surface area contributed by atoms with Crippen molar-refractivity contribution in [3.63, 3.8) is 0 Å². The molecule has 0 saturated carbocycles. The van der Waals surface area contributed by atoms with Gasteiger partial charge in [0, 0.05) is 31.6 Å². The van der Waals surface area contributed by atoms with Crippen molar-refractivity contribution in [1.82, 2.24) is 4.90 Å². The van der Waals surface area contributed by atoms with E-state index in [1.165, 1.54) is 11.1 Å². The van der Waals surface area contributed by atoms with Crippen LogP contribution in [-0.4, -0.2) is 31.1 Å². The van der Waals surface area contributed by atoms with Crippen LogP contribution in [0.2, 0.25) is 0 Å². The minimum Gasteiger partial charge on any atom is -0.383 e. The van der Waals surface area contributed by atoms with Gasteiger partial charge in [0.15, 0.2) is 0 Å². The van der Waals surface area contributed by atoms with E-state index in [9.17, 15) is 18.0 Å². The first-order valence-corrected chi connectivity index (χ1v) is 8.33. The van der Waals surface area contributed by atoms with Gasteiger partial charge in [0.1, 0.15) is 0 Å². The van der Waals surface area contributed by atoms with Crippen molar-refractivity contribution >= 4 is 11.6 Å². The number of halogens is 3. The molecule has 0 aliphatic rings. The molecule has 1 aromatic rings. The Morgan fingerprint density at radius 1 is 1.20 bits per heavy atom. The Labute approximate surface area is 147 Å². The number of carbonyl (C=O) groups is 1. The summed E-state index contributed by atoms with van der Waals surface area (Å²) >= 11 is 0. The Hall–Kier alpha value is -1.98. The van der Waals surface area contributed by atoms with Crippen molar-refractivity contribution in [2.75, 3.05) is 19.4 Å². The van der Waals surface area contributed by atoms with E-state index in [0.29, 0.717) is 11.6 Å². The molecule has 0 aromatic heterocycles. The maximum Gasteiger partial charge on any atom is 0.393 e. The fourth-order valence-corrected chi connectivity index (χ4v) is 2.79. The van der Waals surface area contributed by atoms with Gasteiger partial charge in [-0.25, -0.2) is 0 Å². The van der Waals surface area contributed by atoms with E-state index in [1.54, 1.807) is 26.2 Å². The lowest BCUT2D eigenvalue weighted by Gasteiger charge is -2.20. The number of benzene rings is 1. The average Bonchev–Trinajstić information content (AvgIpc) is 2.44. The number of hydrogen-bond acceptors (Lipinski definition) is 2. The second-order valence-electron chi connectivity index (χ2n) is 6.98. The lowest BCUT2D eigenvalue weighted by atomic mass is 9.91. The molecule has 25 heavy (non-hydrogen) atoms. The van der Waals surface area contributed by atoms with Gasteiger partial charge in [-0.3, -0.25) is 4.79 Å². The van der Waals surface area contributed by atoms with Crippen molar-refractivity contribution in [2.24, 2.45) is 5.92 Å². The molecule has 1 aromatic carbocycles. The van der Waals surface area contributed by atoms with Crippen LogP contribution in [0.15, 0.2) is 36.0 Å². The van der Waals surface area contributed by atoms with Gasteiger partial charge < -0.3 is 10.2 Å². The van der Waals surface area contributed by atoms with Gasteiger partial charge >= 0.3 is 6.18 Å². The summed E-state index contributed by atoms with van der Waals surface area (Å²) in [6, 6.07) is 7.26. The number of rotatable bonds is 7. The Balaban J connectivity index is 3.05. The number of nitrogens with zero attached hydrogens (tertiary/aromatic N) is 1. The zero-order chi connectivity index (χ0) is 19.2. The molecule has 0 saturated heterocycles. The molecule has 3 nitrogen and oxygen atoms in total. The second-order valence-corrected chi connectivity index (χ2v) is 6.98. The molecule has 0 aliphatic heterocycles. The first kappa shape index (κ1) is 21.1. The first-order chi connectivity index (χ1) is 11.5. The van der Waals surface area contributed by atoms with E-state index >= 15 is 0 Å². The minimum absolute atomic E-state index is 0.195. The van der Waals surface area contributed by atoms with E-state index in [0.717, 1.165) is 12.0 Å². The fourth-order valence-electron chi connectivity index (χ4n) is 2.79. The van der Waals surface area contributed by atoms with Gasteiger partial charge in [0.2, 0.25) is 0 Å². The fraction of sp³-hybridized carbons (Fsp3) is 0.526. The monoisotopic (exact) mass is 356 g/mol. The first-order valence-electron chi connectivity index (χ1n) is 8.33. The summed E-state index contributed by atoms with van der Waals surface area (Å²) in [7, 11) is 3.17. The van der Waals surface area contributed by atoms with Crippen LogP contribution in [-0.2, 0) is 4.79 Å². The van der Waals surface area contributed by atoms with Gasteiger partial charge in [-0.15, -0.1) is 0 Å². The number of amides is 1. The maximum atomic E-state index is 12.8. The highest BCUT2D eigenvalue weighted by Crippen LogP contribution is 2.30. The summed E-state index contributed by atoms with van der Waals surface area (Å²) in [6.45, 7) is 6.27. The molecule has 0 aliphatic carbocycles. The summed E-state index contributed by atoms with van der Waals surface area (Å²) in [4.78, 5) is 13.9. The highest BCUT2D eigenvalue weighted by Gasteiger charge is 2.32. The van der Waals surface area contributed by atoms with Crippen molar-refractivity contribution in [3.05, 3.63) is 41.6 Å². The zero-order valence-corrected chi connectivity index (χ0v) is 15.4. The molecule has 1 rings (SSSR count). The van der Waals surface area contributed by atoms with Crippen LogP contribution in [0.1, 0.15) is 45.1 Å². The number of nitrogens with one attached hydrogen (secondary N) is 1. The molecule has 6 heteroatoms. The van der Waals surface area contributed by atoms with Crippen LogP contribution >= 0.6 is 0 Å². The molecule has 1 amide bonds. The van der Waals surface area contributed by atoms with E-state index < -0.39 is 18.5 Å². The molecule has 1 N–H and O–H groups in total. The number of alkyl halides is 3. The van der Waals surface area contributed by atoms with Crippen LogP contribution in [0.3, 0.4) is 0 Å². The standard InChI is InChI=1S/C19H27F3N2O/c1-13(2)10-14(3)16-8-6-7-9-17(16)23-18(25)15(12-24(4)5)11-19(20,21)22/h6-9,12-14H,10-11H2,1-5H3,(H,23,25)/b15-12+. The third kappa shape index (κ3) is 7.63. The summed E-state index contributed by atoms with van der Waals surface area (Å²) in [5.74, 6) is -0.0520. The summed E-state index contributed by atoms with van der Waals surface area (Å²) < 4.78 is 38.3. The van der Waals surface area contributed by atoms with Crippen LogP contribution < -0.4 is 5.32 Å². The molecular weight excluding hydrogens is 329 g/mol. The van der Waals surface area contributed by atoms with Crippen molar-refractivity contribution < 1.29 is 18.0 Å². The number of hydrogen-bond donors (Lipinski definition) is 1. The summed E-state index contributed by atoms with van der Waals surface area (Å²) in [5, 5.41) is 2.66. The lowest BCUT2D eigenvalue weighted by Crippen LogP contribution is -2.22.